The van der Waals surface area contributed by atoms with Crippen molar-refractivity contribution in [2.75, 3.05) is 0 Å². The maximum atomic E-state index is 12.3. The molecule has 0 spiro atoms. The third-order valence-electron chi connectivity index (χ3n) is 3.47. The van der Waals surface area contributed by atoms with Crippen molar-refractivity contribution in [3.05, 3.63) is 64.8 Å². The van der Waals surface area contributed by atoms with Gasteiger partial charge in [-0.15, -0.1) is 0 Å². The van der Waals surface area contributed by atoms with Crippen LogP contribution in [0.25, 0.3) is 10.9 Å². The summed E-state index contributed by atoms with van der Waals surface area (Å²) in [6, 6.07) is 15.0. The lowest BCUT2D eigenvalue weighted by Crippen LogP contribution is -2.23. The zero-order valence-electron chi connectivity index (χ0n) is 12.1. The third-order valence-corrected chi connectivity index (χ3v) is 3.47. The van der Waals surface area contributed by atoms with Gasteiger partial charge in [-0.05, 0) is 36.8 Å². The number of aryl methyl sites for hydroxylation is 1. The summed E-state index contributed by atoms with van der Waals surface area (Å²) in [7, 11) is 0. The third kappa shape index (κ3) is 2.67. The largest absolute Gasteiger partial charge is 0.347 e. The van der Waals surface area contributed by atoms with Crippen molar-refractivity contribution in [2.24, 2.45) is 0 Å². The fourth-order valence-electron chi connectivity index (χ4n) is 2.26. The molecule has 2 N–H and O–H groups in total. The highest BCUT2D eigenvalue weighted by molar-refractivity contribution is 6.04. The highest BCUT2D eigenvalue weighted by Gasteiger charge is 2.13. The van der Waals surface area contributed by atoms with Crippen LogP contribution in [0.2, 0.25) is 0 Å². The molecule has 108 valence electrons. The van der Waals surface area contributed by atoms with Gasteiger partial charge in [-0.1, -0.05) is 23.8 Å². The summed E-state index contributed by atoms with van der Waals surface area (Å²) < 4.78 is 0. The van der Waals surface area contributed by atoms with Gasteiger partial charge in [0.2, 0.25) is 0 Å². The Morgan fingerprint density at radius 3 is 2.77 bits per heavy atom. The molecule has 0 unspecified atom stereocenters. The molecule has 0 aliphatic carbocycles. The standard InChI is InChI=1S/C17H14N4O/c1-11-2-7-15-14(8-11)16(21-20-15)17(22)19-10-13-5-3-12(9-18)4-6-13/h2-8H,10H2,1H3,(H,19,22)(H,20,21). The monoisotopic (exact) mass is 290 g/mol. The maximum Gasteiger partial charge on any atom is 0.272 e. The number of nitrogens with zero attached hydrogens (tertiary/aromatic N) is 2. The van der Waals surface area contributed by atoms with Crippen LogP contribution in [0.3, 0.4) is 0 Å². The zero-order chi connectivity index (χ0) is 15.5. The summed E-state index contributed by atoms with van der Waals surface area (Å²) in [6.07, 6.45) is 0. The van der Waals surface area contributed by atoms with Crippen LogP contribution in [0.4, 0.5) is 0 Å². The first kappa shape index (κ1) is 13.8. The highest BCUT2D eigenvalue weighted by atomic mass is 16.1. The Morgan fingerprint density at radius 1 is 1.27 bits per heavy atom. The molecule has 1 amide bonds. The zero-order valence-corrected chi connectivity index (χ0v) is 12.1. The molecule has 0 bridgehead atoms. The van der Waals surface area contributed by atoms with Crippen molar-refractivity contribution in [3.63, 3.8) is 0 Å². The minimum Gasteiger partial charge on any atom is -0.347 e. The number of hydrogen-bond acceptors (Lipinski definition) is 3. The number of nitrogens with one attached hydrogen (secondary N) is 2. The molecule has 3 rings (SSSR count). The van der Waals surface area contributed by atoms with Crippen LogP contribution in [0.5, 0.6) is 0 Å². The second-order valence-electron chi connectivity index (χ2n) is 5.11. The summed E-state index contributed by atoms with van der Waals surface area (Å²) >= 11 is 0. The first-order valence-electron chi connectivity index (χ1n) is 6.89. The van der Waals surface area contributed by atoms with Gasteiger partial charge >= 0.3 is 0 Å². The van der Waals surface area contributed by atoms with Crippen molar-refractivity contribution < 1.29 is 4.79 Å². The van der Waals surface area contributed by atoms with Crippen molar-refractivity contribution in [2.45, 2.75) is 13.5 Å². The first-order valence-corrected chi connectivity index (χ1v) is 6.89. The van der Waals surface area contributed by atoms with Crippen molar-refractivity contribution in [1.29, 1.82) is 5.26 Å². The predicted molar refractivity (Wildman–Crippen MR) is 83.2 cm³/mol. The minimum atomic E-state index is -0.221. The van der Waals surface area contributed by atoms with Crippen LogP contribution in [-0.2, 0) is 6.54 Å². The fraction of sp³-hybridized carbons (Fsp3) is 0.118. The Kier molecular flexibility index (Phi) is 3.58. The predicted octanol–water partition coefficient (Wildman–Crippen LogP) is 2.67. The van der Waals surface area contributed by atoms with Crippen LogP contribution in [-0.4, -0.2) is 16.1 Å². The molecule has 0 aliphatic rings. The lowest BCUT2D eigenvalue weighted by Gasteiger charge is -2.04. The van der Waals surface area contributed by atoms with Crippen LogP contribution in [0, 0.1) is 18.3 Å². The average molecular weight is 290 g/mol. The topological polar surface area (TPSA) is 81.6 Å². The lowest BCUT2D eigenvalue weighted by molar-refractivity contribution is 0.0947. The van der Waals surface area contributed by atoms with Gasteiger partial charge in [-0.3, -0.25) is 9.89 Å². The molecule has 5 heteroatoms. The van der Waals surface area contributed by atoms with E-state index in [4.69, 9.17) is 5.26 Å². The molecule has 2 aromatic carbocycles. The molecule has 0 saturated heterocycles. The van der Waals surface area contributed by atoms with Gasteiger partial charge in [0.25, 0.3) is 5.91 Å². The number of amides is 1. The highest BCUT2D eigenvalue weighted by Crippen LogP contribution is 2.17. The number of carbonyl (C=O) groups is 1. The van der Waals surface area contributed by atoms with E-state index < -0.39 is 0 Å². The molecular weight excluding hydrogens is 276 g/mol. The molecular formula is C17H14N4O. The van der Waals surface area contributed by atoms with E-state index >= 15 is 0 Å². The summed E-state index contributed by atoms with van der Waals surface area (Å²) in [5.74, 6) is -0.221. The molecule has 0 atom stereocenters. The lowest BCUT2D eigenvalue weighted by atomic mass is 10.1. The second kappa shape index (κ2) is 5.70. The molecule has 0 fully saturated rings. The summed E-state index contributed by atoms with van der Waals surface area (Å²) in [6.45, 7) is 2.37. The molecule has 5 nitrogen and oxygen atoms in total. The van der Waals surface area contributed by atoms with Gasteiger partial charge < -0.3 is 5.32 Å². The number of carbonyl (C=O) groups excluding carboxylic acids is 1. The van der Waals surface area contributed by atoms with E-state index in [1.54, 1.807) is 12.1 Å². The van der Waals surface area contributed by atoms with Crippen molar-refractivity contribution in [3.8, 4) is 6.07 Å². The first-order chi connectivity index (χ1) is 10.7. The van der Waals surface area contributed by atoms with E-state index in [9.17, 15) is 4.79 Å². The van der Waals surface area contributed by atoms with Crippen molar-refractivity contribution >= 4 is 16.8 Å². The average Bonchev–Trinajstić information content (AvgIpc) is 2.96. The van der Waals surface area contributed by atoms with Crippen LogP contribution < -0.4 is 5.32 Å². The van der Waals surface area contributed by atoms with E-state index in [-0.39, 0.29) is 5.91 Å². The molecule has 1 heterocycles. The van der Waals surface area contributed by atoms with Crippen LogP contribution >= 0.6 is 0 Å². The van der Waals surface area contributed by atoms with Gasteiger partial charge in [0, 0.05) is 11.9 Å². The van der Waals surface area contributed by atoms with Gasteiger partial charge in [0.15, 0.2) is 5.69 Å². The number of hydrogen-bond donors (Lipinski definition) is 2. The second-order valence-corrected chi connectivity index (χ2v) is 5.11. The number of aromatic nitrogens is 2. The Balaban J connectivity index is 1.75. The minimum absolute atomic E-state index is 0.221. The van der Waals surface area contributed by atoms with E-state index in [1.165, 1.54) is 0 Å². The number of aromatic amines is 1. The van der Waals surface area contributed by atoms with Crippen LogP contribution in [0.1, 0.15) is 27.2 Å². The summed E-state index contributed by atoms with van der Waals surface area (Å²) in [4.78, 5) is 12.3. The number of H-pyrrole nitrogens is 1. The number of nitriles is 1. The molecule has 0 aliphatic heterocycles. The molecule has 1 aromatic heterocycles. The summed E-state index contributed by atoms with van der Waals surface area (Å²) in [5.41, 5.74) is 3.85. The van der Waals surface area contributed by atoms with E-state index in [0.29, 0.717) is 17.8 Å². The van der Waals surface area contributed by atoms with Crippen molar-refractivity contribution in [1.82, 2.24) is 15.5 Å². The number of fused-ring (bicyclic) bond motifs is 1. The number of rotatable bonds is 3. The smallest absolute Gasteiger partial charge is 0.272 e. The Labute approximate surface area is 127 Å². The molecule has 3 aromatic rings. The fourth-order valence-corrected chi connectivity index (χ4v) is 2.26. The van der Waals surface area contributed by atoms with E-state index in [2.05, 4.69) is 21.6 Å². The van der Waals surface area contributed by atoms with Crippen LogP contribution in [0.15, 0.2) is 42.5 Å². The molecule has 22 heavy (non-hydrogen) atoms. The van der Waals surface area contributed by atoms with E-state index in [1.807, 2.05) is 37.3 Å². The van der Waals surface area contributed by atoms with Gasteiger partial charge in [-0.2, -0.15) is 10.4 Å². The van der Waals surface area contributed by atoms with E-state index in [0.717, 1.165) is 22.0 Å². The SMILES string of the molecule is Cc1ccc2[nH]nc(C(=O)NCc3ccc(C#N)cc3)c2c1. The van der Waals surface area contributed by atoms with Gasteiger partial charge in [-0.25, -0.2) is 0 Å². The quantitative estimate of drug-likeness (QED) is 0.778. The Bertz CT molecular complexity index is 872. The molecule has 0 radical (unpaired) electrons. The van der Waals surface area contributed by atoms with Gasteiger partial charge in [0.05, 0.1) is 17.1 Å². The van der Waals surface area contributed by atoms with Gasteiger partial charge in [0.1, 0.15) is 0 Å². The maximum absolute atomic E-state index is 12.3. The number of benzene rings is 2. The Hall–Kier alpha value is -3.13. The summed E-state index contributed by atoms with van der Waals surface area (Å²) in [5, 5.41) is 19.4. The molecule has 0 saturated carbocycles. The normalized spacial score (nSPS) is 10.4. The Morgan fingerprint density at radius 2 is 2.05 bits per heavy atom.